The molecule has 7 aromatic rings. The van der Waals surface area contributed by atoms with Crippen LogP contribution in [0.5, 0.6) is 0 Å². The fourth-order valence-corrected chi connectivity index (χ4v) is 7.90. The minimum absolute atomic E-state index is 0.0602. The van der Waals surface area contributed by atoms with Crippen LogP contribution in [0.1, 0.15) is 27.8 Å². The van der Waals surface area contributed by atoms with Crippen LogP contribution in [0.3, 0.4) is 0 Å². The van der Waals surface area contributed by atoms with Gasteiger partial charge in [0.25, 0.3) is 0 Å². The van der Waals surface area contributed by atoms with Crippen molar-refractivity contribution in [3.05, 3.63) is 167 Å². The molecule has 3 heteroatoms. The molecule has 6 aromatic carbocycles. The van der Waals surface area contributed by atoms with E-state index in [1.807, 2.05) is 6.07 Å². The van der Waals surface area contributed by atoms with Crippen LogP contribution in [0, 0.1) is 11.3 Å². The van der Waals surface area contributed by atoms with Crippen LogP contribution in [-0.2, 0) is 5.41 Å². The SMILES string of the molecule is N#Cc1ccc2c(c1)C(c1ccccc1)(c1ccccc1)c1cccc3c1B2c1cccc2c4ccccc4n-3c12. The first-order valence-corrected chi connectivity index (χ1v) is 14.1. The second-order valence-electron chi connectivity index (χ2n) is 11.2. The van der Waals surface area contributed by atoms with Crippen molar-refractivity contribution in [2.45, 2.75) is 5.41 Å². The summed E-state index contributed by atoms with van der Waals surface area (Å²) in [6, 6.07) is 52.9. The third-order valence-corrected chi connectivity index (χ3v) is 9.36. The molecule has 0 amide bonds. The predicted molar refractivity (Wildman–Crippen MR) is 168 cm³/mol. The Kier molecular flexibility index (Phi) is 4.44. The molecule has 0 N–H and O–H groups in total. The zero-order valence-corrected chi connectivity index (χ0v) is 22.3. The Balaban J connectivity index is 1.54. The van der Waals surface area contributed by atoms with E-state index in [2.05, 4.69) is 144 Å². The average Bonchev–Trinajstić information content (AvgIpc) is 3.39. The van der Waals surface area contributed by atoms with E-state index in [0.29, 0.717) is 5.56 Å². The summed E-state index contributed by atoms with van der Waals surface area (Å²) >= 11 is 0. The molecule has 9 rings (SSSR count). The van der Waals surface area contributed by atoms with E-state index in [0.717, 1.165) is 0 Å². The smallest absolute Gasteiger partial charge is 0.247 e. The van der Waals surface area contributed by atoms with Crippen molar-refractivity contribution in [3.63, 3.8) is 0 Å². The van der Waals surface area contributed by atoms with Crippen LogP contribution < -0.4 is 16.4 Å². The van der Waals surface area contributed by atoms with Crippen molar-refractivity contribution in [1.82, 2.24) is 4.57 Å². The number of nitrogens with zero attached hydrogens (tertiary/aromatic N) is 2. The highest BCUT2D eigenvalue weighted by atomic mass is 15.0. The first kappa shape index (κ1) is 22.5. The summed E-state index contributed by atoms with van der Waals surface area (Å²) in [4.78, 5) is 0. The quantitative estimate of drug-likeness (QED) is 0.251. The second kappa shape index (κ2) is 8.10. The summed E-state index contributed by atoms with van der Waals surface area (Å²) in [6.45, 7) is 0.0602. The number of hydrogen-bond acceptors (Lipinski definition) is 1. The first-order chi connectivity index (χ1) is 20.3. The lowest BCUT2D eigenvalue weighted by Gasteiger charge is -2.46. The van der Waals surface area contributed by atoms with Gasteiger partial charge in [-0.05, 0) is 57.4 Å². The Morgan fingerprint density at radius 2 is 1.27 bits per heavy atom. The topological polar surface area (TPSA) is 28.7 Å². The molecule has 0 unspecified atom stereocenters. The van der Waals surface area contributed by atoms with Crippen LogP contribution in [0.2, 0.25) is 0 Å². The molecule has 2 aliphatic heterocycles. The lowest BCUT2D eigenvalue weighted by Crippen LogP contribution is -2.64. The maximum atomic E-state index is 10.1. The molecule has 0 atom stereocenters. The summed E-state index contributed by atoms with van der Waals surface area (Å²) in [5, 5.41) is 12.7. The van der Waals surface area contributed by atoms with Gasteiger partial charge in [0, 0.05) is 22.0 Å². The Morgan fingerprint density at radius 3 is 2.02 bits per heavy atom. The fourth-order valence-electron chi connectivity index (χ4n) is 7.90. The summed E-state index contributed by atoms with van der Waals surface area (Å²) in [7, 11) is 0. The highest BCUT2D eigenvalue weighted by molar-refractivity contribution is 6.99. The Hall–Kier alpha value is -5.33. The highest BCUT2D eigenvalue weighted by Gasteiger charge is 2.50. The van der Waals surface area contributed by atoms with Crippen LogP contribution >= 0.6 is 0 Å². The molecular formula is C38H23BN2. The highest BCUT2D eigenvalue weighted by Crippen LogP contribution is 2.47. The third kappa shape index (κ3) is 2.72. The van der Waals surface area contributed by atoms with Crippen LogP contribution in [-0.4, -0.2) is 11.3 Å². The van der Waals surface area contributed by atoms with Gasteiger partial charge in [-0.25, -0.2) is 0 Å². The Morgan fingerprint density at radius 1 is 0.585 bits per heavy atom. The maximum Gasteiger partial charge on any atom is 0.247 e. The number of para-hydroxylation sites is 2. The van der Waals surface area contributed by atoms with Gasteiger partial charge in [-0.3, -0.25) is 0 Å². The molecule has 0 saturated carbocycles. The van der Waals surface area contributed by atoms with Gasteiger partial charge in [-0.15, -0.1) is 0 Å². The summed E-state index contributed by atoms with van der Waals surface area (Å²) in [6.07, 6.45) is 0. The largest absolute Gasteiger partial charge is 0.310 e. The van der Waals surface area contributed by atoms with E-state index in [1.54, 1.807) is 0 Å². The Labute approximate surface area is 238 Å². The number of fused-ring (bicyclic) bond motifs is 7. The van der Waals surface area contributed by atoms with Crippen LogP contribution in [0.15, 0.2) is 140 Å². The molecule has 0 radical (unpaired) electrons. The van der Waals surface area contributed by atoms with Gasteiger partial charge in [0.05, 0.1) is 22.6 Å². The summed E-state index contributed by atoms with van der Waals surface area (Å²) < 4.78 is 2.49. The predicted octanol–water partition coefficient (Wildman–Crippen LogP) is 6.18. The second-order valence-corrected chi connectivity index (χ2v) is 11.2. The molecule has 0 saturated heterocycles. The summed E-state index contributed by atoms with van der Waals surface area (Å²) in [5.41, 5.74) is 12.7. The van der Waals surface area contributed by atoms with Crippen LogP contribution in [0.25, 0.3) is 27.5 Å². The zero-order valence-electron chi connectivity index (χ0n) is 22.3. The number of rotatable bonds is 2. The van der Waals surface area contributed by atoms with Crippen LogP contribution in [0.4, 0.5) is 0 Å². The van der Waals surface area contributed by atoms with Crippen molar-refractivity contribution in [1.29, 1.82) is 5.26 Å². The molecule has 1 aromatic heterocycles. The molecular weight excluding hydrogens is 495 g/mol. The Bertz CT molecular complexity index is 2180. The number of hydrogen-bond donors (Lipinski definition) is 0. The molecule has 3 heterocycles. The standard InChI is InChI=1S/C38H23BN2/c40-24-25-21-22-32-31(23-25)38(26-11-3-1-4-12-26,27-13-5-2-6-14-27)30-17-10-20-35-36(30)39(32)33-18-9-16-29-28-15-7-8-19-34(28)41(35)37(29)33/h1-23H. The minimum Gasteiger partial charge on any atom is -0.310 e. The van der Waals surface area contributed by atoms with Crippen molar-refractivity contribution in [2.24, 2.45) is 0 Å². The van der Waals surface area contributed by atoms with E-state index in [4.69, 9.17) is 0 Å². The van der Waals surface area contributed by atoms with Crippen molar-refractivity contribution in [3.8, 4) is 11.8 Å². The third-order valence-electron chi connectivity index (χ3n) is 9.36. The number of nitriles is 1. The lowest BCUT2D eigenvalue weighted by atomic mass is 9.29. The van der Waals surface area contributed by atoms with E-state index < -0.39 is 5.41 Å². The fraction of sp³-hybridized carbons (Fsp3) is 0.0263. The van der Waals surface area contributed by atoms with Gasteiger partial charge in [0.15, 0.2) is 0 Å². The molecule has 0 fully saturated rings. The number of benzene rings is 6. The molecule has 2 aliphatic rings. The minimum atomic E-state index is -0.582. The van der Waals surface area contributed by atoms with Gasteiger partial charge in [0.2, 0.25) is 6.71 Å². The number of aromatic nitrogens is 1. The van der Waals surface area contributed by atoms with E-state index >= 15 is 0 Å². The molecule has 0 aliphatic carbocycles. The van der Waals surface area contributed by atoms with Gasteiger partial charge in [-0.1, -0.05) is 121 Å². The van der Waals surface area contributed by atoms with Crippen molar-refractivity contribution in [2.75, 3.05) is 0 Å². The molecule has 41 heavy (non-hydrogen) atoms. The normalized spacial score (nSPS) is 14.0. The van der Waals surface area contributed by atoms with Crippen molar-refractivity contribution < 1.29 is 0 Å². The molecule has 188 valence electrons. The first-order valence-electron chi connectivity index (χ1n) is 14.1. The monoisotopic (exact) mass is 518 g/mol. The van der Waals surface area contributed by atoms with Gasteiger partial charge in [0.1, 0.15) is 0 Å². The maximum absolute atomic E-state index is 10.1. The van der Waals surface area contributed by atoms with E-state index in [-0.39, 0.29) is 6.71 Å². The van der Waals surface area contributed by atoms with E-state index in [1.165, 1.54) is 66.1 Å². The summed E-state index contributed by atoms with van der Waals surface area (Å²) in [5.74, 6) is 0. The molecule has 0 spiro atoms. The van der Waals surface area contributed by atoms with Crippen molar-refractivity contribution >= 4 is 44.9 Å². The van der Waals surface area contributed by atoms with Gasteiger partial charge >= 0.3 is 0 Å². The zero-order chi connectivity index (χ0) is 27.1. The average molecular weight is 518 g/mol. The van der Waals surface area contributed by atoms with E-state index in [9.17, 15) is 5.26 Å². The van der Waals surface area contributed by atoms with Gasteiger partial charge < -0.3 is 4.57 Å². The molecule has 0 bridgehead atoms. The lowest BCUT2D eigenvalue weighted by molar-refractivity contribution is 0.749. The van der Waals surface area contributed by atoms with Gasteiger partial charge in [-0.2, -0.15) is 5.26 Å². The molecule has 2 nitrogen and oxygen atoms in total.